The molecule has 0 amide bonds. The summed E-state index contributed by atoms with van der Waals surface area (Å²) in [5.41, 5.74) is 5.39. The van der Waals surface area contributed by atoms with E-state index < -0.39 is 0 Å². The Labute approximate surface area is 183 Å². The average molecular weight is 434 g/mol. The van der Waals surface area contributed by atoms with Gasteiger partial charge in [-0.15, -0.1) is 0 Å². The standard InChI is InChI=1S/C12H14ClNO.C12H15ClO/c1-4-11-14-12-9(7(2)3)5-8(13)6-10(12)15-11;1-7(2)11-6-10(13)5-9-4-8(3)14-12(9)11/h5-7H,4H2,1-3H3;5-8H,4H2,1-3H3. The Balaban J connectivity index is 0.000000166. The van der Waals surface area contributed by atoms with Crippen molar-refractivity contribution >= 4 is 34.3 Å². The van der Waals surface area contributed by atoms with Crippen LogP contribution in [0.4, 0.5) is 0 Å². The van der Waals surface area contributed by atoms with Gasteiger partial charge in [0.1, 0.15) is 17.4 Å². The Kier molecular flexibility index (Phi) is 6.80. The lowest BCUT2D eigenvalue weighted by Crippen LogP contribution is -2.06. The molecule has 2 aromatic carbocycles. The largest absolute Gasteiger partial charge is 0.490 e. The van der Waals surface area contributed by atoms with Gasteiger partial charge < -0.3 is 9.15 Å². The molecule has 4 rings (SSSR count). The zero-order valence-corrected chi connectivity index (χ0v) is 19.5. The summed E-state index contributed by atoms with van der Waals surface area (Å²) in [4.78, 5) is 4.47. The van der Waals surface area contributed by atoms with Crippen molar-refractivity contribution in [1.29, 1.82) is 0 Å². The highest BCUT2D eigenvalue weighted by molar-refractivity contribution is 6.31. The van der Waals surface area contributed by atoms with Gasteiger partial charge in [-0.2, -0.15) is 0 Å². The average Bonchev–Trinajstić information content (AvgIpc) is 3.22. The normalized spacial score (nSPS) is 15.4. The second kappa shape index (κ2) is 8.97. The molecular weight excluding hydrogens is 405 g/mol. The van der Waals surface area contributed by atoms with Crippen molar-refractivity contribution < 1.29 is 9.15 Å². The number of benzene rings is 2. The van der Waals surface area contributed by atoms with E-state index in [4.69, 9.17) is 32.4 Å². The molecule has 1 unspecified atom stereocenters. The molecule has 1 aromatic heterocycles. The lowest BCUT2D eigenvalue weighted by atomic mass is 9.99. The maximum Gasteiger partial charge on any atom is 0.195 e. The van der Waals surface area contributed by atoms with E-state index in [0.717, 1.165) is 46.2 Å². The first-order valence-corrected chi connectivity index (χ1v) is 11.0. The summed E-state index contributed by atoms with van der Waals surface area (Å²) in [6, 6.07) is 7.83. The predicted molar refractivity (Wildman–Crippen MR) is 122 cm³/mol. The number of hydrogen-bond donors (Lipinski definition) is 0. The summed E-state index contributed by atoms with van der Waals surface area (Å²) in [5.74, 6) is 2.71. The van der Waals surface area contributed by atoms with Crippen LogP contribution in [0.1, 0.15) is 76.0 Å². The van der Waals surface area contributed by atoms with E-state index in [9.17, 15) is 0 Å². The van der Waals surface area contributed by atoms with Crippen LogP contribution >= 0.6 is 23.2 Å². The first-order valence-electron chi connectivity index (χ1n) is 10.3. The van der Waals surface area contributed by atoms with Gasteiger partial charge in [-0.25, -0.2) is 4.98 Å². The van der Waals surface area contributed by atoms with Crippen molar-refractivity contribution in [2.24, 2.45) is 0 Å². The first-order chi connectivity index (χ1) is 13.7. The number of halogens is 2. The third-order valence-electron chi connectivity index (χ3n) is 5.07. The molecule has 3 aromatic rings. The molecule has 2 heterocycles. The molecule has 0 N–H and O–H groups in total. The molecule has 1 atom stereocenters. The van der Waals surface area contributed by atoms with Crippen molar-refractivity contribution in [3.63, 3.8) is 0 Å². The lowest BCUT2D eigenvalue weighted by Gasteiger charge is -2.12. The van der Waals surface area contributed by atoms with Gasteiger partial charge in [-0.05, 0) is 53.6 Å². The summed E-state index contributed by atoms with van der Waals surface area (Å²) in [6.45, 7) is 12.7. The molecule has 5 heteroatoms. The number of nitrogens with zero attached hydrogens (tertiary/aromatic N) is 1. The van der Waals surface area contributed by atoms with Gasteiger partial charge >= 0.3 is 0 Å². The molecule has 0 bridgehead atoms. The van der Waals surface area contributed by atoms with Gasteiger partial charge in [-0.1, -0.05) is 57.8 Å². The van der Waals surface area contributed by atoms with Gasteiger partial charge in [0.15, 0.2) is 11.5 Å². The van der Waals surface area contributed by atoms with E-state index in [0.29, 0.717) is 23.0 Å². The van der Waals surface area contributed by atoms with Gasteiger partial charge in [0, 0.05) is 29.0 Å². The fraction of sp³-hybridized carbons (Fsp3) is 0.458. The van der Waals surface area contributed by atoms with Crippen LogP contribution in [0.15, 0.2) is 28.7 Å². The molecule has 0 radical (unpaired) electrons. The minimum Gasteiger partial charge on any atom is -0.490 e. The van der Waals surface area contributed by atoms with Gasteiger partial charge in [0.05, 0.1) is 0 Å². The summed E-state index contributed by atoms with van der Waals surface area (Å²) >= 11 is 12.1. The highest BCUT2D eigenvalue weighted by Gasteiger charge is 2.23. The monoisotopic (exact) mass is 433 g/mol. The van der Waals surface area contributed by atoms with Crippen LogP contribution in [-0.4, -0.2) is 11.1 Å². The van der Waals surface area contributed by atoms with Crippen molar-refractivity contribution in [2.75, 3.05) is 0 Å². The van der Waals surface area contributed by atoms with E-state index in [-0.39, 0.29) is 0 Å². The van der Waals surface area contributed by atoms with Crippen LogP contribution < -0.4 is 4.74 Å². The van der Waals surface area contributed by atoms with E-state index in [1.54, 1.807) is 0 Å². The third-order valence-corrected chi connectivity index (χ3v) is 5.50. The molecule has 156 valence electrons. The van der Waals surface area contributed by atoms with Crippen LogP contribution in [0.25, 0.3) is 11.1 Å². The second-order valence-corrected chi connectivity index (χ2v) is 9.10. The number of rotatable bonds is 3. The summed E-state index contributed by atoms with van der Waals surface area (Å²) in [6.07, 6.45) is 2.08. The Bertz CT molecular complexity index is 1010. The maximum atomic E-state index is 6.06. The predicted octanol–water partition coefficient (Wildman–Crippen LogP) is 7.95. The Morgan fingerprint density at radius 3 is 2.24 bits per heavy atom. The number of aromatic nitrogens is 1. The third kappa shape index (κ3) is 4.90. The molecule has 0 fully saturated rings. The van der Waals surface area contributed by atoms with Crippen LogP contribution in [-0.2, 0) is 12.8 Å². The van der Waals surface area contributed by atoms with Gasteiger partial charge in [0.2, 0.25) is 0 Å². The molecule has 3 nitrogen and oxygen atoms in total. The summed E-state index contributed by atoms with van der Waals surface area (Å²) in [5, 5.41) is 1.54. The van der Waals surface area contributed by atoms with Crippen molar-refractivity contribution in [3.8, 4) is 5.75 Å². The van der Waals surface area contributed by atoms with Crippen LogP contribution in [0.5, 0.6) is 5.75 Å². The first kappa shape index (κ1) is 22.0. The number of fused-ring (bicyclic) bond motifs is 2. The lowest BCUT2D eigenvalue weighted by molar-refractivity contribution is 0.252. The maximum absolute atomic E-state index is 6.06. The molecule has 0 aliphatic carbocycles. The Hall–Kier alpha value is -1.71. The molecule has 1 aliphatic heterocycles. The molecule has 0 spiro atoms. The topological polar surface area (TPSA) is 35.3 Å². The highest BCUT2D eigenvalue weighted by atomic mass is 35.5. The minimum atomic E-state index is 0.293. The Morgan fingerprint density at radius 1 is 1.00 bits per heavy atom. The second-order valence-electron chi connectivity index (χ2n) is 8.23. The number of oxazole rings is 1. The van der Waals surface area contributed by atoms with Gasteiger partial charge in [-0.3, -0.25) is 0 Å². The van der Waals surface area contributed by atoms with E-state index in [1.807, 2.05) is 31.2 Å². The molecular formula is C24H29Cl2NO2. The van der Waals surface area contributed by atoms with E-state index in [1.165, 1.54) is 11.1 Å². The van der Waals surface area contributed by atoms with Crippen molar-refractivity contribution in [2.45, 2.75) is 72.3 Å². The SMILES string of the molecule is CC1Cc2cc(Cl)cc(C(C)C)c2O1.CCc1nc2c(C(C)C)cc(Cl)cc2o1. The van der Waals surface area contributed by atoms with Crippen LogP contribution in [0.3, 0.4) is 0 Å². The fourth-order valence-electron chi connectivity index (χ4n) is 3.61. The molecule has 0 saturated heterocycles. The number of ether oxygens (including phenoxy) is 1. The number of hydrogen-bond acceptors (Lipinski definition) is 3. The van der Waals surface area contributed by atoms with Crippen molar-refractivity contribution in [1.82, 2.24) is 4.98 Å². The van der Waals surface area contributed by atoms with Crippen molar-refractivity contribution in [3.05, 3.63) is 56.9 Å². The van der Waals surface area contributed by atoms with Crippen LogP contribution in [0.2, 0.25) is 10.0 Å². The minimum absolute atomic E-state index is 0.293. The molecule has 0 saturated carbocycles. The number of aryl methyl sites for hydroxylation is 1. The van der Waals surface area contributed by atoms with E-state index in [2.05, 4.69) is 39.6 Å². The van der Waals surface area contributed by atoms with E-state index >= 15 is 0 Å². The zero-order valence-electron chi connectivity index (χ0n) is 18.0. The fourth-order valence-corrected chi connectivity index (χ4v) is 4.07. The van der Waals surface area contributed by atoms with Gasteiger partial charge in [0.25, 0.3) is 0 Å². The summed E-state index contributed by atoms with van der Waals surface area (Å²) < 4.78 is 11.4. The highest BCUT2D eigenvalue weighted by Crippen LogP contribution is 2.38. The smallest absolute Gasteiger partial charge is 0.195 e. The molecule has 29 heavy (non-hydrogen) atoms. The Morgan fingerprint density at radius 2 is 1.62 bits per heavy atom. The molecule has 1 aliphatic rings. The summed E-state index contributed by atoms with van der Waals surface area (Å²) in [7, 11) is 0. The van der Waals surface area contributed by atoms with Crippen LogP contribution in [0, 0.1) is 0 Å². The zero-order chi connectivity index (χ0) is 21.3. The quantitative estimate of drug-likeness (QED) is 0.420.